The van der Waals surface area contributed by atoms with Crippen LogP contribution in [0.3, 0.4) is 0 Å². The summed E-state index contributed by atoms with van der Waals surface area (Å²) in [6, 6.07) is 6.10. The number of hydrogen-bond acceptors (Lipinski definition) is 4. The molecule has 1 aromatic heterocycles. The van der Waals surface area contributed by atoms with Crippen molar-refractivity contribution in [1.82, 2.24) is 4.57 Å². The lowest BCUT2D eigenvalue weighted by atomic mass is 10.2. The Hall–Kier alpha value is -2.97. The van der Waals surface area contributed by atoms with Crippen LogP contribution in [0.4, 0.5) is 18.9 Å². The first-order valence-electron chi connectivity index (χ1n) is 7.04. The van der Waals surface area contributed by atoms with E-state index in [2.05, 4.69) is 5.32 Å². The third-order valence-electron chi connectivity index (χ3n) is 3.31. The maximum absolute atomic E-state index is 12.7. The van der Waals surface area contributed by atoms with E-state index in [0.717, 1.165) is 6.07 Å². The molecule has 0 atom stereocenters. The highest BCUT2D eigenvalue weighted by molar-refractivity contribution is 5.92. The summed E-state index contributed by atoms with van der Waals surface area (Å²) in [7, 11) is 2.84. The maximum Gasteiger partial charge on any atom is 0.417 e. The van der Waals surface area contributed by atoms with Crippen LogP contribution < -0.4 is 20.3 Å². The molecule has 2 rings (SSSR count). The summed E-state index contributed by atoms with van der Waals surface area (Å²) in [5.41, 5.74) is -1.47. The monoisotopic (exact) mass is 356 g/mol. The number of benzene rings is 1. The molecule has 0 radical (unpaired) electrons. The minimum absolute atomic E-state index is 0.270. The minimum atomic E-state index is -4.61. The molecule has 1 heterocycles. The molecule has 2 aromatic rings. The fourth-order valence-corrected chi connectivity index (χ4v) is 2.08. The molecule has 0 aliphatic heterocycles. The first-order valence-corrected chi connectivity index (χ1v) is 7.04. The van der Waals surface area contributed by atoms with Crippen molar-refractivity contribution in [1.29, 1.82) is 0 Å². The topological polar surface area (TPSA) is 69.6 Å². The van der Waals surface area contributed by atoms with Gasteiger partial charge in [-0.15, -0.1) is 0 Å². The number of hydrogen-bond donors (Lipinski definition) is 1. The third-order valence-corrected chi connectivity index (χ3v) is 3.31. The van der Waals surface area contributed by atoms with Crippen LogP contribution in [0.2, 0.25) is 0 Å². The lowest BCUT2D eigenvalue weighted by Gasteiger charge is -2.13. The van der Waals surface area contributed by atoms with Crippen LogP contribution in [0.15, 0.2) is 41.3 Å². The standard InChI is InChI=1S/C16H15F3N2O4/c1-24-11-4-5-13(25-2)12(7-11)20-14(22)9-21-8-10(16(17,18)19)3-6-15(21)23/h3-8H,9H2,1-2H3,(H,20,22). The van der Waals surface area contributed by atoms with E-state index in [4.69, 9.17) is 9.47 Å². The number of carbonyl (C=O) groups excluding carboxylic acids is 1. The van der Waals surface area contributed by atoms with Crippen molar-refractivity contribution in [3.8, 4) is 11.5 Å². The SMILES string of the molecule is COc1ccc(OC)c(NC(=O)Cn2cc(C(F)(F)F)ccc2=O)c1. The van der Waals surface area contributed by atoms with Crippen LogP contribution in [0.1, 0.15) is 5.56 Å². The van der Waals surface area contributed by atoms with Crippen LogP contribution >= 0.6 is 0 Å². The Balaban J connectivity index is 2.22. The Morgan fingerprint density at radius 2 is 1.88 bits per heavy atom. The molecule has 0 saturated carbocycles. The van der Waals surface area contributed by atoms with Gasteiger partial charge in [0, 0.05) is 18.3 Å². The maximum atomic E-state index is 12.7. The Bertz CT molecular complexity index is 831. The van der Waals surface area contributed by atoms with Crippen molar-refractivity contribution in [3.05, 3.63) is 52.4 Å². The smallest absolute Gasteiger partial charge is 0.417 e. The summed E-state index contributed by atoms with van der Waals surface area (Å²) < 4.78 is 49.0. The number of methoxy groups -OCH3 is 2. The highest BCUT2D eigenvalue weighted by Crippen LogP contribution is 2.29. The van der Waals surface area contributed by atoms with Crippen molar-refractivity contribution < 1.29 is 27.4 Å². The molecular formula is C16H15F3N2O4. The summed E-state index contributed by atoms with van der Waals surface area (Å²) in [6.07, 6.45) is -4.01. The number of anilines is 1. The first-order chi connectivity index (χ1) is 11.7. The zero-order chi connectivity index (χ0) is 18.6. The van der Waals surface area contributed by atoms with Crippen LogP contribution in [0.5, 0.6) is 11.5 Å². The third kappa shape index (κ3) is 4.52. The minimum Gasteiger partial charge on any atom is -0.497 e. The molecule has 0 unspecified atom stereocenters. The molecule has 0 spiro atoms. The second kappa shape index (κ2) is 7.29. The number of ether oxygens (including phenoxy) is 2. The summed E-state index contributed by atoms with van der Waals surface area (Å²) in [5, 5.41) is 2.49. The predicted molar refractivity (Wildman–Crippen MR) is 83.9 cm³/mol. The zero-order valence-corrected chi connectivity index (χ0v) is 13.4. The van der Waals surface area contributed by atoms with Crippen LogP contribution in [-0.4, -0.2) is 24.7 Å². The molecule has 0 saturated heterocycles. The van der Waals surface area contributed by atoms with Gasteiger partial charge >= 0.3 is 6.18 Å². The van der Waals surface area contributed by atoms with E-state index in [1.54, 1.807) is 12.1 Å². The Labute approximate surface area is 140 Å². The summed E-state index contributed by atoms with van der Waals surface area (Å²) in [5.74, 6) is 0.103. The molecule has 1 N–H and O–H groups in total. The normalized spacial score (nSPS) is 11.1. The number of alkyl halides is 3. The molecule has 0 aliphatic rings. The van der Waals surface area contributed by atoms with Gasteiger partial charge in [0.25, 0.3) is 5.56 Å². The van der Waals surface area contributed by atoms with Gasteiger partial charge in [0.15, 0.2) is 0 Å². The van der Waals surface area contributed by atoms with E-state index < -0.39 is 29.8 Å². The lowest BCUT2D eigenvalue weighted by molar-refractivity contribution is -0.138. The highest BCUT2D eigenvalue weighted by Gasteiger charge is 2.31. The fourth-order valence-electron chi connectivity index (χ4n) is 2.08. The van der Waals surface area contributed by atoms with Crippen LogP contribution in [0.25, 0.3) is 0 Å². The van der Waals surface area contributed by atoms with E-state index in [1.807, 2.05) is 0 Å². The number of nitrogens with zero attached hydrogens (tertiary/aromatic N) is 1. The Kier molecular flexibility index (Phi) is 5.35. The van der Waals surface area contributed by atoms with Gasteiger partial charge in [0.1, 0.15) is 18.0 Å². The number of pyridine rings is 1. The van der Waals surface area contributed by atoms with Crippen molar-refractivity contribution in [2.24, 2.45) is 0 Å². The van der Waals surface area contributed by atoms with E-state index >= 15 is 0 Å². The van der Waals surface area contributed by atoms with Gasteiger partial charge in [0.2, 0.25) is 5.91 Å². The van der Waals surface area contributed by atoms with E-state index in [9.17, 15) is 22.8 Å². The zero-order valence-electron chi connectivity index (χ0n) is 13.4. The molecule has 9 heteroatoms. The van der Waals surface area contributed by atoms with Crippen LogP contribution in [-0.2, 0) is 17.5 Å². The van der Waals surface area contributed by atoms with Gasteiger partial charge in [-0.25, -0.2) is 0 Å². The van der Waals surface area contributed by atoms with Gasteiger partial charge in [-0.1, -0.05) is 0 Å². The van der Waals surface area contributed by atoms with E-state index in [-0.39, 0.29) is 5.69 Å². The van der Waals surface area contributed by atoms with Crippen molar-refractivity contribution in [2.45, 2.75) is 12.7 Å². The van der Waals surface area contributed by atoms with Crippen molar-refractivity contribution in [3.63, 3.8) is 0 Å². The Morgan fingerprint density at radius 3 is 2.48 bits per heavy atom. The fraction of sp³-hybridized carbons (Fsp3) is 0.250. The molecule has 0 aliphatic carbocycles. The number of carbonyl (C=O) groups is 1. The number of rotatable bonds is 5. The van der Waals surface area contributed by atoms with E-state index in [0.29, 0.717) is 28.3 Å². The average molecular weight is 356 g/mol. The Morgan fingerprint density at radius 1 is 1.16 bits per heavy atom. The van der Waals surface area contributed by atoms with Gasteiger partial charge in [0.05, 0.1) is 25.5 Å². The molecule has 1 amide bonds. The van der Waals surface area contributed by atoms with E-state index in [1.165, 1.54) is 20.3 Å². The largest absolute Gasteiger partial charge is 0.497 e. The number of nitrogens with one attached hydrogen (secondary N) is 1. The van der Waals surface area contributed by atoms with Crippen LogP contribution in [0, 0.1) is 0 Å². The molecular weight excluding hydrogens is 341 g/mol. The number of amides is 1. The first kappa shape index (κ1) is 18.4. The van der Waals surface area contributed by atoms with Crippen molar-refractivity contribution in [2.75, 3.05) is 19.5 Å². The van der Waals surface area contributed by atoms with Gasteiger partial charge in [-0.05, 0) is 18.2 Å². The second-order valence-corrected chi connectivity index (χ2v) is 5.00. The second-order valence-electron chi connectivity index (χ2n) is 5.00. The van der Waals surface area contributed by atoms with Gasteiger partial charge < -0.3 is 19.4 Å². The predicted octanol–water partition coefficient (Wildman–Crippen LogP) is 2.52. The summed E-state index contributed by atoms with van der Waals surface area (Å²) in [6.45, 7) is -0.580. The quantitative estimate of drug-likeness (QED) is 0.894. The molecule has 1 aromatic carbocycles. The van der Waals surface area contributed by atoms with Crippen molar-refractivity contribution >= 4 is 11.6 Å². The molecule has 0 bridgehead atoms. The lowest BCUT2D eigenvalue weighted by Crippen LogP contribution is -2.28. The molecule has 0 fully saturated rings. The molecule has 6 nitrogen and oxygen atoms in total. The average Bonchev–Trinajstić information content (AvgIpc) is 2.55. The molecule has 134 valence electrons. The number of halogens is 3. The van der Waals surface area contributed by atoms with Gasteiger partial charge in [-0.3, -0.25) is 9.59 Å². The van der Waals surface area contributed by atoms with Gasteiger partial charge in [-0.2, -0.15) is 13.2 Å². The highest BCUT2D eigenvalue weighted by atomic mass is 19.4. The number of aromatic nitrogens is 1. The summed E-state index contributed by atoms with van der Waals surface area (Å²) >= 11 is 0. The molecule has 25 heavy (non-hydrogen) atoms. The summed E-state index contributed by atoms with van der Waals surface area (Å²) in [4.78, 5) is 23.8.